The lowest BCUT2D eigenvalue weighted by Crippen LogP contribution is -2.23. The molecule has 0 bridgehead atoms. The van der Waals surface area contributed by atoms with Gasteiger partial charge in [0, 0.05) is 5.41 Å². The van der Waals surface area contributed by atoms with Crippen molar-refractivity contribution >= 4 is 0 Å². The van der Waals surface area contributed by atoms with Gasteiger partial charge in [0.25, 0.3) is 0 Å². The first kappa shape index (κ1) is 9.97. The van der Waals surface area contributed by atoms with Gasteiger partial charge in [-0.15, -0.1) is 0 Å². The van der Waals surface area contributed by atoms with Crippen LogP contribution >= 0.6 is 0 Å². The molecule has 0 aromatic rings. The maximum atomic E-state index is 5.84. The van der Waals surface area contributed by atoms with Crippen LogP contribution in [0.4, 0.5) is 0 Å². The maximum absolute atomic E-state index is 5.84. The monoisotopic (exact) mass is 192 g/mol. The molecule has 1 saturated heterocycles. The number of ether oxygens (including phenoxy) is 1. The summed E-state index contributed by atoms with van der Waals surface area (Å²) in [4.78, 5) is 0. The fraction of sp³-hybridized carbons (Fsp3) is 0.692. The molecular formula is C13H20O. The molecule has 2 aliphatic rings. The van der Waals surface area contributed by atoms with Crippen molar-refractivity contribution in [2.75, 3.05) is 6.61 Å². The molecule has 78 valence electrons. The third kappa shape index (κ3) is 1.78. The Labute approximate surface area is 86.8 Å². The molecule has 1 fully saturated rings. The predicted molar refractivity (Wildman–Crippen MR) is 59.2 cm³/mol. The van der Waals surface area contributed by atoms with Crippen molar-refractivity contribution in [3.8, 4) is 0 Å². The molecule has 0 aromatic heterocycles. The van der Waals surface area contributed by atoms with Crippen molar-refractivity contribution in [1.29, 1.82) is 0 Å². The van der Waals surface area contributed by atoms with Crippen LogP contribution in [0.15, 0.2) is 23.8 Å². The molecular weight excluding hydrogens is 172 g/mol. The van der Waals surface area contributed by atoms with Crippen LogP contribution in [0.1, 0.15) is 40.0 Å². The predicted octanol–water partition coefficient (Wildman–Crippen LogP) is 3.47. The number of hydrogen-bond donors (Lipinski definition) is 0. The molecule has 14 heavy (non-hydrogen) atoms. The third-order valence-electron chi connectivity index (χ3n) is 3.38. The van der Waals surface area contributed by atoms with Crippen LogP contribution in [-0.2, 0) is 4.74 Å². The van der Waals surface area contributed by atoms with Crippen molar-refractivity contribution in [3.63, 3.8) is 0 Å². The second kappa shape index (κ2) is 3.23. The highest BCUT2D eigenvalue weighted by atomic mass is 16.5. The van der Waals surface area contributed by atoms with Gasteiger partial charge in [0.2, 0.25) is 0 Å². The van der Waals surface area contributed by atoms with E-state index in [0.29, 0.717) is 0 Å². The summed E-state index contributed by atoms with van der Waals surface area (Å²) in [6.07, 6.45) is 10.3. The lowest BCUT2D eigenvalue weighted by atomic mass is 9.75. The molecule has 1 unspecified atom stereocenters. The quantitative estimate of drug-likeness (QED) is 0.578. The summed E-state index contributed by atoms with van der Waals surface area (Å²) in [5.41, 5.74) is 1.93. The Hall–Kier alpha value is -0.560. The summed E-state index contributed by atoms with van der Waals surface area (Å²) in [7, 11) is 0. The van der Waals surface area contributed by atoms with Gasteiger partial charge in [0.1, 0.15) is 0 Å². The van der Waals surface area contributed by atoms with E-state index >= 15 is 0 Å². The van der Waals surface area contributed by atoms with E-state index in [0.717, 1.165) is 25.9 Å². The first-order valence-corrected chi connectivity index (χ1v) is 5.50. The van der Waals surface area contributed by atoms with Crippen LogP contribution in [-0.4, -0.2) is 12.2 Å². The number of hydrogen-bond acceptors (Lipinski definition) is 1. The topological polar surface area (TPSA) is 9.23 Å². The highest BCUT2D eigenvalue weighted by Gasteiger charge is 2.42. The molecule has 0 N–H and O–H groups in total. The Morgan fingerprint density at radius 3 is 2.50 bits per heavy atom. The van der Waals surface area contributed by atoms with Crippen molar-refractivity contribution in [3.05, 3.63) is 23.8 Å². The largest absolute Gasteiger partial charge is 0.375 e. The molecule has 1 heteroatoms. The Kier molecular flexibility index (Phi) is 2.30. The highest BCUT2D eigenvalue weighted by molar-refractivity contribution is 5.24. The number of allylic oxidation sites excluding steroid dienone is 3. The minimum atomic E-state index is 0.0662. The fourth-order valence-electron chi connectivity index (χ4n) is 2.70. The van der Waals surface area contributed by atoms with Crippen molar-refractivity contribution in [2.45, 2.75) is 45.6 Å². The molecule has 1 aliphatic carbocycles. The summed E-state index contributed by atoms with van der Waals surface area (Å²) in [5, 5.41) is 0. The Bertz CT molecular complexity index is 286. The lowest BCUT2D eigenvalue weighted by Gasteiger charge is -2.28. The van der Waals surface area contributed by atoms with Crippen LogP contribution in [0, 0.1) is 5.41 Å². The van der Waals surface area contributed by atoms with Gasteiger partial charge in [-0.05, 0) is 33.1 Å². The summed E-state index contributed by atoms with van der Waals surface area (Å²) in [6, 6.07) is 0. The zero-order valence-corrected chi connectivity index (χ0v) is 9.47. The molecule has 1 aliphatic heterocycles. The van der Waals surface area contributed by atoms with E-state index in [1.54, 1.807) is 5.57 Å². The van der Waals surface area contributed by atoms with E-state index < -0.39 is 0 Å². The molecule has 0 amide bonds. The first-order chi connectivity index (χ1) is 6.52. The SMILES string of the molecule is CC1(C)CC(C)(C2=CCC=CC2)CO1. The summed E-state index contributed by atoms with van der Waals surface area (Å²) in [6.45, 7) is 7.61. The van der Waals surface area contributed by atoms with Gasteiger partial charge in [0.05, 0.1) is 12.2 Å². The Morgan fingerprint density at radius 1 is 1.21 bits per heavy atom. The van der Waals surface area contributed by atoms with Gasteiger partial charge in [-0.25, -0.2) is 0 Å². The van der Waals surface area contributed by atoms with Gasteiger partial charge in [-0.1, -0.05) is 30.7 Å². The van der Waals surface area contributed by atoms with Crippen LogP contribution in [0.5, 0.6) is 0 Å². The molecule has 0 radical (unpaired) electrons. The van der Waals surface area contributed by atoms with E-state index in [4.69, 9.17) is 4.74 Å². The molecule has 2 rings (SSSR count). The number of rotatable bonds is 1. The van der Waals surface area contributed by atoms with Crippen molar-refractivity contribution in [2.24, 2.45) is 5.41 Å². The zero-order valence-electron chi connectivity index (χ0n) is 9.47. The fourth-order valence-corrected chi connectivity index (χ4v) is 2.70. The van der Waals surface area contributed by atoms with Gasteiger partial charge < -0.3 is 4.74 Å². The average molecular weight is 192 g/mol. The van der Waals surface area contributed by atoms with Gasteiger partial charge in [-0.3, -0.25) is 0 Å². The average Bonchev–Trinajstić information content (AvgIpc) is 2.44. The van der Waals surface area contributed by atoms with Gasteiger partial charge in [-0.2, -0.15) is 0 Å². The molecule has 0 aromatic carbocycles. The molecule has 0 spiro atoms. The summed E-state index contributed by atoms with van der Waals surface area (Å²) < 4.78 is 5.84. The van der Waals surface area contributed by atoms with Crippen LogP contribution in [0.3, 0.4) is 0 Å². The second-order valence-electron chi connectivity index (χ2n) is 5.43. The maximum Gasteiger partial charge on any atom is 0.0636 e. The standard InChI is InChI=1S/C13H20O/c1-12(2)9-13(3,10-14-12)11-7-5-4-6-8-11/h4-5,8H,6-7,9-10H2,1-3H3. The van der Waals surface area contributed by atoms with Crippen molar-refractivity contribution < 1.29 is 4.74 Å². The summed E-state index contributed by atoms with van der Waals surface area (Å²) in [5.74, 6) is 0. The van der Waals surface area contributed by atoms with Crippen LogP contribution < -0.4 is 0 Å². The van der Waals surface area contributed by atoms with E-state index in [9.17, 15) is 0 Å². The molecule has 1 atom stereocenters. The Balaban J connectivity index is 2.14. The lowest BCUT2D eigenvalue weighted by molar-refractivity contribution is 0.0332. The van der Waals surface area contributed by atoms with E-state index in [-0.39, 0.29) is 11.0 Å². The molecule has 0 saturated carbocycles. The molecule has 1 heterocycles. The second-order valence-corrected chi connectivity index (χ2v) is 5.43. The van der Waals surface area contributed by atoms with E-state index in [2.05, 4.69) is 39.0 Å². The third-order valence-corrected chi connectivity index (χ3v) is 3.38. The minimum absolute atomic E-state index is 0.0662. The first-order valence-electron chi connectivity index (χ1n) is 5.50. The van der Waals surface area contributed by atoms with Crippen LogP contribution in [0.2, 0.25) is 0 Å². The normalized spacial score (nSPS) is 35.8. The zero-order chi connectivity index (χ0) is 10.2. The van der Waals surface area contributed by atoms with E-state index in [1.807, 2.05) is 0 Å². The smallest absolute Gasteiger partial charge is 0.0636 e. The van der Waals surface area contributed by atoms with E-state index in [1.165, 1.54) is 0 Å². The highest BCUT2D eigenvalue weighted by Crippen LogP contribution is 2.45. The van der Waals surface area contributed by atoms with Gasteiger partial charge >= 0.3 is 0 Å². The summed E-state index contributed by atoms with van der Waals surface area (Å²) >= 11 is 0. The van der Waals surface area contributed by atoms with Crippen molar-refractivity contribution in [1.82, 2.24) is 0 Å². The molecule has 1 nitrogen and oxygen atoms in total. The van der Waals surface area contributed by atoms with Gasteiger partial charge in [0.15, 0.2) is 0 Å². The minimum Gasteiger partial charge on any atom is -0.375 e. The van der Waals surface area contributed by atoms with Crippen LogP contribution in [0.25, 0.3) is 0 Å². The Morgan fingerprint density at radius 2 is 2.00 bits per heavy atom.